The highest BCUT2D eigenvalue weighted by Gasteiger charge is 2.51. The first-order chi connectivity index (χ1) is 8.19. The Morgan fingerprint density at radius 3 is 1.26 bits per heavy atom. The molecule has 5 heteroatoms. The minimum absolute atomic E-state index is 0.847. The second-order valence-electron chi connectivity index (χ2n) is 8.46. The molecule has 0 radical (unpaired) electrons. The lowest BCUT2D eigenvalue weighted by Crippen LogP contribution is -2.61. The number of hydrogen-bond acceptors (Lipinski definition) is 1. The van der Waals surface area contributed by atoms with Gasteiger partial charge in [0.2, 0.25) is 8.32 Å². The van der Waals surface area contributed by atoms with Crippen molar-refractivity contribution in [2.45, 2.75) is 63.7 Å². The number of hydrogen-bond donors (Lipinski definition) is 0. The topological polar surface area (TPSA) is 9.23 Å². The summed E-state index contributed by atoms with van der Waals surface area (Å²) in [5, 5.41) is 0. The molecule has 0 rings (SSSR count). The summed E-state index contributed by atoms with van der Waals surface area (Å²) in [6.07, 6.45) is 0. The second-order valence-corrected chi connectivity index (χ2v) is 28.6. The van der Waals surface area contributed by atoms with E-state index in [4.69, 9.17) is 4.12 Å². The van der Waals surface area contributed by atoms with Gasteiger partial charge in [-0.1, -0.05) is 50.7 Å². The van der Waals surface area contributed by atoms with E-state index >= 15 is 0 Å². The van der Waals surface area contributed by atoms with Gasteiger partial charge < -0.3 is 4.12 Å². The summed E-state index contributed by atoms with van der Waals surface area (Å²) in [6, 6.07) is 0. The Morgan fingerprint density at radius 2 is 1.05 bits per heavy atom. The molecule has 112 valence electrons. The largest absolute Gasteiger partial charge is 0.450 e. The van der Waals surface area contributed by atoms with Crippen LogP contribution in [0.2, 0.25) is 63.7 Å². The fourth-order valence-corrected chi connectivity index (χ4v) is 38.2. The first-order valence-electron chi connectivity index (χ1n) is 7.17. The van der Waals surface area contributed by atoms with Crippen molar-refractivity contribution in [1.29, 1.82) is 0 Å². The lowest BCUT2D eigenvalue weighted by molar-refractivity contribution is 0.561. The molecule has 1 nitrogen and oxygen atoms in total. The molecule has 0 aliphatic carbocycles. The minimum Gasteiger partial charge on any atom is -0.450 e. The quantitative estimate of drug-likeness (QED) is 0.571. The maximum atomic E-state index is 6.75. The summed E-state index contributed by atoms with van der Waals surface area (Å²) >= 11 is 0. The van der Waals surface area contributed by atoms with Gasteiger partial charge in [-0.2, -0.15) is 0 Å². The van der Waals surface area contributed by atoms with Crippen LogP contribution in [0.3, 0.4) is 0 Å². The minimum atomic E-state index is -1.92. The van der Waals surface area contributed by atoms with Crippen LogP contribution in [0.4, 0.5) is 0 Å². The molecule has 0 fully saturated rings. The van der Waals surface area contributed by atoms with Gasteiger partial charge in [-0.05, 0) is 24.4 Å². The molecule has 0 unspecified atom stereocenters. The van der Waals surface area contributed by atoms with Crippen LogP contribution in [0.15, 0.2) is 24.6 Å². The Balaban J connectivity index is 5.57. The van der Waals surface area contributed by atoms with Crippen molar-refractivity contribution >= 4 is 32.8 Å². The van der Waals surface area contributed by atoms with Gasteiger partial charge in [0.15, 0.2) is 8.32 Å². The Hall–Kier alpha value is 0.308. The molecule has 0 spiro atoms. The Labute approximate surface area is 125 Å². The van der Waals surface area contributed by atoms with E-state index in [0.29, 0.717) is 0 Å². The summed E-state index contributed by atoms with van der Waals surface area (Å²) < 4.78 is 6.75. The second kappa shape index (κ2) is 5.97. The monoisotopic (exact) mass is 330 g/mol. The van der Waals surface area contributed by atoms with Crippen molar-refractivity contribution in [3.8, 4) is 0 Å². The van der Waals surface area contributed by atoms with Crippen LogP contribution in [0, 0.1) is 0 Å². The van der Waals surface area contributed by atoms with E-state index in [1.165, 1.54) is 0 Å². The first kappa shape index (κ1) is 19.3. The molecule has 0 saturated heterocycles. The third-order valence-corrected chi connectivity index (χ3v) is 28.6. The molecule has 0 aromatic heterocycles. The van der Waals surface area contributed by atoms with E-state index in [0.717, 1.165) is 4.79 Å². The predicted octanol–water partition coefficient (Wildman–Crippen LogP) is 5.36. The predicted molar refractivity (Wildman–Crippen MR) is 101 cm³/mol. The van der Waals surface area contributed by atoms with Crippen molar-refractivity contribution in [3.63, 3.8) is 0 Å². The molecule has 0 aromatic rings. The zero-order valence-corrected chi connectivity index (χ0v) is 18.6. The molecule has 0 atom stereocenters. The average molecular weight is 331 g/mol. The van der Waals surface area contributed by atoms with Crippen molar-refractivity contribution in [1.82, 2.24) is 0 Å². The summed E-state index contributed by atoms with van der Waals surface area (Å²) in [4.78, 5) is 0.847. The molecule has 0 amide bonds. The summed E-state index contributed by atoms with van der Waals surface area (Å²) in [5.41, 5.74) is 4.06. The standard InChI is InChI=1S/C14H34OSi4/c1-12-19(11,13-2)15-18(9,10)14(16(3,4)5)17(6,7)8/h12-14H,1-2H2,3-11H3. The summed E-state index contributed by atoms with van der Waals surface area (Å²) in [7, 11) is -6.12. The highest BCUT2D eigenvalue weighted by molar-refractivity contribution is 7.12. The van der Waals surface area contributed by atoms with Gasteiger partial charge in [0, 0.05) is 16.1 Å². The fourth-order valence-electron chi connectivity index (χ4n) is 4.18. The van der Waals surface area contributed by atoms with Crippen LogP contribution < -0.4 is 0 Å². The third-order valence-electron chi connectivity index (χ3n) is 3.72. The maximum Gasteiger partial charge on any atom is 0.226 e. The van der Waals surface area contributed by atoms with Crippen LogP contribution in [-0.2, 0) is 4.12 Å². The van der Waals surface area contributed by atoms with Gasteiger partial charge in [0.1, 0.15) is 0 Å². The molecule has 0 bridgehead atoms. The molecule has 0 aromatic carbocycles. The van der Waals surface area contributed by atoms with Crippen LogP contribution in [-0.4, -0.2) is 32.8 Å². The van der Waals surface area contributed by atoms with Gasteiger partial charge in [-0.25, -0.2) is 0 Å². The van der Waals surface area contributed by atoms with E-state index in [-0.39, 0.29) is 0 Å². The highest BCUT2D eigenvalue weighted by Crippen LogP contribution is 2.41. The van der Waals surface area contributed by atoms with Crippen molar-refractivity contribution in [3.05, 3.63) is 24.6 Å². The van der Waals surface area contributed by atoms with Crippen LogP contribution >= 0.6 is 0 Å². The van der Waals surface area contributed by atoms with Gasteiger partial charge in [-0.15, -0.1) is 13.2 Å². The Bertz CT molecular complexity index is 314. The van der Waals surface area contributed by atoms with Crippen molar-refractivity contribution in [2.24, 2.45) is 0 Å². The van der Waals surface area contributed by atoms with E-state index in [1.807, 2.05) is 11.4 Å². The zero-order valence-electron chi connectivity index (χ0n) is 14.6. The molecular formula is C14H34OSi4. The van der Waals surface area contributed by atoms with E-state index in [9.17, 15) is 0 Å². The molecular weight excluding hydrogens is 296 g/mol. The van der Waals surface area contributed by atoms with E-state index in [2.05, 4.69) is 72.1 Å². The van der Waals surface area contributed by atoms with E-state index < -0.39 is 32.8 Å². The summed E-state index contributed by atoms with van der Waals surface area (Å²) in [6.45, 7) is 30.1. The van der Waals surface area contributed by atoms with Gasteiger partial charge >= 0.3 is 0 Å². The fraction of sp³-hybridized carbons (Fsp3) is 0.714. The molecule has 0 aliphatic heterocycles. The first-order valence-corrected chi connectivity index (χ1v) is 19.9. The lowest BCUT2D eigenvalue weighted by atomic mass is 11.2. The van der Waals surface area contributed by atoms with Crippen LogP contribution in [0.25, 0.3) is 0 Å². The maximum absolute atomic E-state index is 6.75. The van der Waals surface area contributed by atoms with Gasteiger partial charge in [0.25, 0.3) is 0 Å². The Morgan fingerprint density at radius 1 is 0.737 bits per heavy atom. The van der Waals surface area contributed by atoms with Crippen LogP contribution in [0.1, 0.15) is 0 Å². The van der Waals surface area contributed by atoms with Crippen molar-refractivity contribution in [2.75, 3.05) is 0 Å². The SMILES string of the molecule is C=C[Si](C)(C=C)O[Si](C)(C)C([Si](C)(C)C)[Si](C)(C)C. The average Bonchev–Trinajstić information content (AvgIpc) is 2.10. The third kappa shape index (κ3) is 5.30. The van der Waals surface area contributed by atoms with Crippen LogP contribution in [0.5, 0.6) is 0 Å². The molecule has 0 heterocycles. The smallest absolute Gasteiger partial charge is 0.226 e. The normalized spacial score (nSPS) is 14.6. The van der Waals surface area contributed by atoms with Gasteiger partial charge in [-0.3, -0.25) is 0 Å². The lowest BCUT2D eigenvalue weighted by Gasteiger charge is -2.49. The summed E-state index contributed by atoms with van der Waals surface area (Å²) in [5.74, 6) is 0. The Kier molecular flexibility index (Phi) is 6.07. The van der Waals surface area contributed by atoms with E-state index in [1.54, 1.807) is 0 Å². The molecule has 0 saturated carbocycles. The highest BCUT2D eigenvalue weighted by atomic mass is 28.5. The number of rotatable bonds is 7. The van der Waals surface area contributed by atoms with Crippen molar-refractivity contribution < 1.29 is 4.12 Å². The van der Waals surface area contributed by atoms with Gasteiger partial charge in [0.05, 0.1) is 0 Å². The molecule has 0 N–H and O–H groups in total. The zero-order chi connectivity index (χ0) is 15.7. The molecule has 19 heavy (non-hydrogen) atoms. The molecule has 0 aliphatic rings.